The van der Waals surface area contributed by atoms with Crippen molar-refractivity contribution in [2.75, 3.05) is 5.32 Å². The molecule has 0 aliphatic rings. The lowest BCUT2D eigenvalue weighted by Gasteiger charge is -2.01. The van der Waals surface area contributed by atoms with Crippen LogP contribution in [0.25, 0.3) is 11.0 Å². The van der Waals surface area contributed by atoms with Gasteiger partial charge in [-0.1, -0.05) is 0 Å². The van der Waals surface area contributed by atoms with Crippen molar-refractivity contribution in [2.24, 2.45) is 0 Å². The molecule has 0 atom stereocenters. The van der Waals surface area contributed by atoms with Crippen molar-refractivity contribution >= 4 is 22.8 Å². The predicted octanol–water partition coefficient (Wildman–Crippen LogP) is 1.59. The van der Waals surface area contributed by atoms with E-state index in [1.165, 1.54) is 6.92 Å². The molecule has 2 aromatic heterocycles. The standard InChI is InChI=1S/C10H9N3O/c1-7(14)12-9-5-4-8-3-2-6-11-10(8)13-9/h2-6H,1H3,(H,11,12,13,14). The first-order chi connectivity index (χ1) is 6.75. The smallest absolute Gasteiger partial charge is 0.222 e. The van der Waals surface area contributed by atoms with E-state index in [0.717, 1.165) is 5.39 Å². The van der Waals surface area contributed by atoms with Gasteiger partial charge in [0.15, 0.2) is 5.65 Å². The molecule has 70 valence electrons. The molecule has 0 unspecified atom stereocenters. The maximum absolute atomic E-state index is 10.8. The first-order valence-electron chi connectivity index (χ1n) is 4.25. The quantitative estimate of drug-likeness (QED) is 0.737. The molecule has 0 radical (unpaired) electrons. The number of aromatic nitrogens is 2. The molecule has 1 N–H and O–H groups in total. The maximum Gasteiger partial charge on any atom is 0.222 e. The Kier molecular flexibility index (Phi) is 2.10. The van der Waals surface area contributed by atoms with Crippen molar-refractivity contribution in [1.82, 2.24) is 9.97 Å². The van der Waals surface area contributed by atoms with Crippen LogP contribution >= 0.6 is 0 Å². The maximum atomic E-state index is 10.8. The van der Waals surface area contributed by atoms with Gasteiger partial charge in [-0.05, 0) is 24.3 Å². The number of amides is 1. The van der Waals surface area contributed by atoms with Crippen LogP contribution < -0.4 is 5.32 Å². The number of nitrogens with one attached hydrogen (secondary N) is 1. The minimum atomic E-state index is -0.132. The number of hydrogen-bond acceptors (Lipinski definition) is 3. The lowest BCUT2D eigenvalue weighted by Crippen LogP contribution is -2.07. The van der Waals surface area contributed by atoms with E-state index < -0.39 is 0 Å². The van der Waals surface area contributed by atoms with E-state index in [9.17, 15) is 4.79 Å². The molecule has 0 aliphatic heterocycles. The highest BCUT2D eigenvalue weighted by Gasteiger charge is 1.99. The van der Waals surface area contributed by atoms with Gasteiger partial charge in [-0.2, -0.15) is 0 Å². The van der Waals surface area contributed by atoms with Crippen LogP contribution in [0, 0.1) is 0 Å². The number of anilines is 1. The summed E-state index contributed by atoms with van der Waals surface area (Å²) in [6.07, 6.45) is 1.67. The first-order valence-corrected chi connectivity index (χ1v) is 4.25. The zero-order valence-electron chi connectivity index (χ0n) is 7.69. The summed E-state index contributed by atoms with van der Waals surface area (Å²) in [5, 5.41) is 3.57. The Hall–Kier alpha value is -1.97. The van der Waals surface area contributed by atoms with E-state index >= 15 is 0 Å². The van der Waals surface area contributed by atoms with E-state index in [4.69, 9.17) is 0 Å². The van der Waals surface area contributed by atoms with Crippen molar-refractivity contribution in [3.63, 3.8) is 0 Å². The SMILES string of the molecule is CC(=O)Nc1ccc2cccnc2n1. The van der Waals surface area contributed by atoms with Gasteiger partial charge in [0.05, 0.1) is 0 Å². The van der Waals surface area contributed by atoms with Crippen LogP contribution in [0.1, 0.15) is 6.92 Å². The van der Waals surface area contributed by atoms with Gasteiger partial charge in [-0.3, -0.25) is 4.79 Å². The van der Waals surface area contributed by atoms with Crippen LogP contribution in [0.4, 0.5) is 5.82 Å². The molecule has 0 aromatic carbocycles. The van der Waals surface area contributed by atoms with Crippen LogP contribution in [-0.2, 0) is 4.79 Å². The minimum absolute atomic E-state index is 0.132. The molecule has 0 fully saturated rings. The Morgan fingerprint density at radius 1 is 1.36 bits per heavy atom. The monoisotopic (exact) mass is 187 g/mol. The molecule has 0 spiro atoms. The van der Waals surface area contributed by atoms with Crippen molar-refractivity contribution in [3.05, 3.63) is 30.5 Å². The third-order valence-electron chi connectivity index (χ3n) is 1.77. The summed E-state index contributed by atoms with van der Waals surface area (Å²) in [4.78, 5) is 19.0. The summed E-state index contributed by atoms with van der Waals surface area (Å²) in [5.74, 6) is 0.400. The zero-order valence-corrected chi connectivity index (χ0v) is 7.69. The van der Waals surface area contributed by atoms with Gasteiger partial charge in [-0.15, -0.1) is 0 Å². The largest absolute Gasteiger partial charge is 0.311 e. The Balaban J connectivity index is 2.46. The van der Waals surface area contributed by atoms with Crippen LogP contribution in [0.5, 0.6) is 0 Å². The molecular weight excluding hydrogens is 178 g/mol. The second-order valence-electron chi connectivity index (χ2n) is 2.93. The van der Waals surface area contributed by atoms with Gasteiger partial charge in [0.2, 0.25) is 5.91 Å². The van der Waals surface area contributed by atoms with Gasteiger partial charge in [0.1, 0.15) is 5.82 Å². The lowest BCUT2D eigenvalue weighted by atomic mass is 10.3. The Bertz CT molecular complexity index is 482. The Morgan fingerprint density at radius 3 is 3.00 bits per heavy atom. The van der Waals surface area contributed by atoms with Gasteiger partial charge in [0.25, 0.3) is 0 Å². The molecule has 0 bridgehead atoms. The highest BCUT2D eigenvalue weighted by Crippen LogP contribution is 2.11. The molecule has 0 aliphatic carbocycles. The summed E-state index contributed by atoms with van der Waals surface area (Å²) in [5.41, 5.74) is 0.638. The van der Waals surface area contributed by atoms with Gasteiger partial charge >= 0.3 is 0 Å². The summed E-state index contributed by atoms with van der Waals surface area (Å²) in [6.45, 7) is 1.45. The number of carbonyl (C=O) groups excluding carboxylic acids is 1. The molecule has 4 nitrogen and oxygen atoms in total. The second kappa shape index (κ2) is 3.41. The molecule has 14 heavy (non-hydrogen) atoms. The molecular formula is C10H9N3O. The molecule has 2 heterocycles. The number of pyridine rings is 2. The summed E-state index contributed by atoms with van der Waals surface area (Å²) in [7, 11) is 0. The number of hydrogen-bond donors (Lipinski definition) is 1. The Morgan fingerprint density at radius 2 is 2.21 bits per heavy atom. The predicted molar refractivity (Wildman–Crippen MR) is 53.8 cm³/mol. The Labute approximate surface area is 81.0 Å². The molecule has 0 saturated heterocycles. The van der Waals surface area contributed by atoms with Gasteiger partial charge < -0.3 is 5.32 Å². The fourth-order valence-corrected chi connectivity index (χ4v) is 1.20. The van der Waals surface area contributed by atoms with Crippen LogP contribution in [0.2, 0.25) is 0 Å². The summed E-state index contributed by atoms with van der Waals surface area (Å²) >= 11 is 0. The average molecular weight is 187 g/mol. The van der Waals surface area contributed by atoms with Gasteiger partial charge in [0, 0.05) is 18.5 Å². The third kappa shape index (κ3) is 1.69. The van der Waals surface area contributed by atoms with Crippen molar-refractivity contribution in [1.29, 1.82) is 0 Å². The topological polar surface area (TPSA) is 54.9 Å². The van der Waals surface area contributed by atoms with Crippen LogP contribution in [0.3, 0.4) is 0 Å². The van der Waals surface area contributed by atoms with Gasteiger partial charge in [-0.25, -0.2) is 9.97 Å². The number of rotatable bonds is 1. The highest BCUT2D eigenvalue weighted by atomic mass is 16.1. The van der Waals surface area contributed by atoms with Crippen LogP contribution in [0.15, 0.2) is 30.5 Å². The summed E-state index contributed by atoms with van der Waals surface area (Å²) in [6, 6.07) is 7.40. The average Bonchev–Trinajstić information content (AvgIpc) is 2.17. The molecule has 1 amide bonds. The minimum Gasteiger partial charge on any atom is -0.311 e. The molecule has 2 aromatic rings. The molecule has 2 rings (SSSR count). The lowest BCUT2D eigenvalue weighted by molar-refractivity contribution is -0.114. The molecule has 0 saturated carbocycles. The fraction of sp³-hybridized carbons (Fsp3) is 0.100. The number of carbonyl (C=O) groups is 1. The van der Waals surface area contributed by atoms with E-state index in [2.05, 4.69) is 15.3 Å². The number of fused-ring (bicyclic) bond motifs is 1. The molecule has 4 heteroatoms. The highest BCUT2D eigenvalue weighted by molar-refractivity contribution is 5.89. The van der Waals surface area contributed by atoms with Crippen LogP contribution in [-0.4, -0.2) is 15.9 Å². The second-order valence-corrected chi connectivity index (χ2v) is 2.93. The zero-order chi connectivity index (χ0) is 9.97. The van der Waals surface area contributed by atoms with Crippen molar-refractivity contribution < 1.29 is 4.79 Å². The normalized spacial score (nSPS) is 10.1. The first kappa shape index (κ1) is 8.62. The van der Waals surface area contributed by atoms with E-state index in [1.807, 2.05) is 18.2 Å². The van der Waals surface area contributed by atoms with Crippen molar-refractivity contribution in [3.8, 4) is 0 Å². The van der Waals surface area contributed by atoms with E-state index in [0.29, 0.717) is 11.5 Å². The third-order valence-corrected chi connectivity index (χ3v) is 1.77. The van der Waals surface area contributed by atoms with Crippen molar-refractivity contribution in [2.45, 2.75) is 6.92 Å². The van der Waals surface area contributed by atoms with E-state index in [-0.39, 0.29) is 5.91 Å². The number of nitrogens with zero attached hydrogens (tertiary/aromatic N) is 2. The van der Waals surface area contributed by atoms with E-state index in [1.54, 1.807) is 12.3 Å². The fourth-order valence-electron chi connectivity index (χ4n) is 1.20. The summed E-state index contributed by atoms with van der Waals surface area (Å²) < 4.78 is 0.